The van der Waals surface area contributed by atoms with Crippen LogP contribution in [0, 0.1) is 0 Å². The Bertz CT molecular complexity index is 454. The summed E-state index contributed by atoms with van der Waals surface area (Å²) in [6.07, 6.45) is 2.48. The highest BCUT2D eigenvalue weighted by atomic mass is 16.5. The zero-order chi connectivity index (χ0) is 12.1. The largest absolute Gasteiger partial charge is 0.485 e. The Morgan fingerprint density at radius 2 is 2.18 bits per heavy atom. The molecule has 0 fully saturated rings. The minimum Gasteiger partial charge on any atom is -0.485 e. The Morgan fingerprint density at radius 3 is 2.88 bits per heavy atom. The first-order valence-corrected chi connectivity index (χ1v) is 5.68. The molecular weight excluding hydrogens is 216 g/mol. The lowest BCUT2D eigenvalue weighted by Gasteiger charge is -2.14. The zero-order valence-electron chi connectivity index (χ0n) is 9.80. The Labute approximate surface area is 100 Å². The molecule has 4 heteroatoms. The van der Waals surface area contributed by atoms with E-state index in [2.05, 4.69) is 12.1 Å². The van der Waals surface area contributed by atoms with E-state index in [1.165, 1.54) is 0 Å². The summed E-state index contributed by atoms with van der Waals surface area (Å²) in [5.74, 6) is 1.50. The number of nitrogens with zero attached hydrogens (tertiary/aromatic N) is 1. The zero-order valence-corrected chi connectivity index (χ0v) is 9.80. The average molecular weight is 232 g/mol. The first-order chi connectivity index (χ1) is 8.31. The maximum atomic E-state index is 6.03. The van der Waals surface area contributed by atoms with Crippen molar-refractivity contribution in [2.24, 2.45) is 5.73 Å². The van der Waals surface area contributed by atoms with Crippen LogP contribution >= 0.6 is 0 Å². The van der Waals surface area contributed by atoms with Gasteiger partial charge in [0.2, 0.25) is 0 Å². The van der Waals surface area contributed by atoms with E-state index in [0.29, 0.717) is 12.4 Å². The van der Waals surface area contributed by atoms with E-state index in [1.807, 2.05) is 24.3 Å². The minimum absolute atomic E-state index is 0.000857. The fourth-order valence-corrected chi connectivity index (χ4v) is 1.60. The second kappa shape index (κ2) is 5.50. The molecule has 2 rings (SSSR count). The van der Waals surface area contributed by atoms with Crippen LogP contribution in [0.2, 0.25) is 0 Å². The van der Waals surface area contributed by atoms with Crippen molar-refractivity contribution in [3.8, 4) is 5.75 Å². The highest BCUT2D eigenvalue weighted by Crippen LogP contribution is 2.25. The molecule has 2 N–H and O–H groups in total. The van der Waals surface area contributed by atoms with Crippen LogP contribution in [0.15, 0.2) is 41.1 Å². The fraction of sp³-hybridized carbons (Fsp3) is 0.308. The maximum Gasteiger partial charge on any atom is 0.174 e. The molecule has 0 aliphatic carbocycles. The molecule has 1 aromatic carbocycles. The molecule has 0 spiro atoms. The molecule has 2 aromatic rings. The first kappa shape index (κ1) is 11.7. The van der Waals surface area contributed by atoms with E-state index in [-0.39, 0.29) is 6.04 Å². The number of hydrogen-bond donors (Lipinski definition) is 1. The molecule has 0 saturated carbocycles. The third kappa shape index (κ3) is 2.85. The van der Waals surface area contributed by atoms with Gasteiger partial charge in [-0.05, 0) is 12.5 Å². The van der Waals surface area contributed by atoms with Crippen molar-refractivity contribution in [3.05, 3.63) is 47.9 Å². The second-order valence-corrected chi connectivity index (χ2v) is 3.82. The molecule has 1 atom stereocenters. The maximum absolute atomic E-state index is 6.03. The smallest absolute Gasteiger partial charge is 0.174 e. The number of hydrogen-bond acceptors (Lipinski definition) is 4. The van der Waals surface area contributed by atoms with Gasteiger partial charge < -0.3 is 15.0 Å². The van der Waals surface area contributed by atoms with Crippen molar-refractivity contribution in [1.82, 2.24) is 5.16 Å². The molecule has 0 aliphatic rings. The standard InChI is InChI=1S/C13H16N2O2/c1-2-12(14)11-5-3-4-6-13(11)16-9-10-7-8-15-17-10/h3-8,12H,2,9,14H2,1H3. The van der Waals surface area contributed by atoms with E-state index in [0.717, 1.165) is 17.7 Å². The predicted molar refractivity (Wildman–Crippen MR) is 64.5 cm³/mol. The van der Waals surface area contributed by atoms with Crippen molar-refractivity contribution in [3.63, 3.8) is 0 Å². The van der Waals surface area contributed by atoms with Crippen molar-refractivity contribution in [2.75, 3.05) is 0 Å². The summed E-state index contributed by atoms with van der Waals surface area (Å²) in [5, 5.41) is 3.63. The van der Waals surface area contributed by atoms with Gasteiger partial charge in [0.15, 0.2) is 5.76 Å². The summed E-state index contributed by atoms with van der Waals surface area (Å²) in [7, 11) is 0. The number of aromatic nitrogens is 1. The Balaban J connectivity index is 2.09. The van der Waals surface area contributed by atoms with Crippen LogP contribution in [-0.2, 0) is 6.61 Å². The van der Waals surface area contributed by atoms with E-state index in [9.17, 15) is 0 Å². The number of ether oxygens (including phenoxy) is 1. The summed E-state index contributed by atoms with van der Waals surface area (Å²) in [6.45, 7) is 2.42. The molecule has 0 amide bonds. The Morgan fingerprint density at radius 1 is 1.35 bits per heavy atom. The molecule has 1 unspecified atom stereocenters. The van der Waals surface area contributed by atoms with E-state index in [1.54, 1.807) is 12.3 Å². The van der Waals surface area contributed by atoms with Crippen molar-refractivity contribution >= 4 is 0 Å². The Kier molecular flexibility index (Phi) is 3.77. The van der Waals surface area contributed by atoms with Gasteiger partial charge in [0.25, 0.3) is 0 Å². The number of benzene rings is 1. The molecule has 1 heterocycles. The van der Waals surface area contributed by atoms with Gasteiger partial charge in [-0.1, -0.05) is 30.3 Å². The van der Waals surface area contributed by atoms with E-state index in [4.69, 9.17) is 15.0 Å². The normalized spacial score (nSPS) is 12.4. The lowest BCUT2D eigenvalue weighted by atomic mass is 10.0. The number of rotatable bonds is 5. The lowest BCUT2D eigenvalue weighted by Crippen LogP contribution is -2.10. The van der Waals surface area contributed by atoms with Crippen LogP contribution in [-0.4, -0.2) is 5.16 Å². The monoisotopic (exact) mass is 232 g/mol. The van der Waals surface area contributed by atoms with Crippen LogP contribution in [0.3, 0.4) is 0 Å². The van der Waals surface area contributed by atoms with Gasteiger partial charge in [0.1, 0.15) is 12.4 Å². The van der Waals surface area contributed by atoms with Crippen LogP contribution in [0.1, 0.15) is 30.7 Å². The average Bonchev–Trinajstić information content (AvgIpc) is 2.89. The number of nitrogens with two attached hydrogens (primary N) is 1. The first-order valence-electron chi connectivity index (χ1n) is 5.68. The van der Waals surface area contributed by atoms with Gasteiger partial charge >= 0.3 is 0 Å². The molecule has 17 heavy (non-hydrogen) atoms. The van der Waals surface area contributed by atoms with Gasteiger partial charge in [-0.15, -0.1) is 0 Å². The predicted octanol–water partition coefficient (Wildman–Crippen LogP) is 2.66. The SMILES string of the molecule is CCC(N)c1ccccc1OCc1ccno1. The van der Waals surface area contributed by atoms with Crippen molar-refractivity contribution < 1.29 is 9.26 Å². The van der Waals surface area contributed by atoms with Crippen LogP contribution < -0.4 is 10.5 Å². The van der Waals surface area contributed by atoms with Gasteiger partial charge in [-0.3, -0.25) is 0 Å². The van der Waals surface area contributed by atoms with Gasteiger partial charge in [0, 0.05) is 17.7 Å². The molecule has 90 valence electrons. The summed E-state index contributed by atoms with van der Waals surface area (Å²) >= 11 is 0. The molecule has 0 radical (unpaired) electrons. The van der Waals surface area contributed by atoms with Gasteiger partial charge in [-0.2, -0.15) is 0 Å². The highest BCUT2D eigenvalue weighted by Gasteiger charge is 2.10. The molecule has 4 nitrogen and oxygen atoms in total. The van der Waals surface area contributed by atoms with Crippen molar-refractivity contribution in [1.29, 1.82) is 0 Å². The fourth-order valence-electron chi connectivity index (χ4n) is 1.60. The highest BCUT2D eigenvalue weighted by molar-refractivity contribution is 5.35. The second-order valence-electron chi connectivity index (χ2n) is 3.82. The third-order valence-electron chi connectivity index (χ3n) is 2.62. The van der Waals surface area contributed by atoms with Gasteiger partial charge in [0.05, 0.1) is 6.20 Å². The summed E-state index contributed by atoms with van der Waals surface area (Å²) in [6, 6.07) is 9.59. The lowest BCUT2D eigenvalue weighted by molar-refractivity contribution is 0.246. The molecule has 1 aromatic heterocycles. The van der Waals surface area contributed by atoms with Crippen LogP contribution in [0.25, 0.3) is 0 Å². The molecule has 0 aliphatic heterocycles. The van der Waals surface area contributed by atoms with E-state index >= 15 is 0 Å². The summed E-state index contributed by atoms with van der Waals surface area (Å²) in [4.78, 5) is 0. The number of para-hydroxylation sites is 1. The molecule has 0 bridgehead atoms. The minimum atomic E-state index is 0.000857. The summed E-state index contributed by atoms with van der Waals surface area (Å²) in [5.41, 5.74) is 7.05. The van der Waals surface area contributed by atoms with Crippen LogP contribution in [0.4, 0.5) is 0 Å². The Hall–Kier alpha value is -1.81. The quantitative estimate of drug-likeness (QED) is 0.860. The summed E-state index contributed by atoms with van der Waals surface area (Å²) < 4.78 is 10.7. The molecular formula is C13H16N2O2. The topological polar surface area (TPSA) is 61.3 Å². The molecule has 0 saturated heterocycles. The van der Waals surface area contributed by atoms with Crippen LogP contribution in [0.5, 0.6) is 5.75 Å². The van der Waals surface area contributed by atoms with Crippen molar-refractivity contribution in [2.45, 2.75) is 26.0 Å². The third-order valence-corrected chi connectivity index (χ3v) is 2.62. The van der Waals surface area contributed by atoms with E-state index < -0.39 is 0 Å². The van der Waals surface area contributed by atoms with Gasteiger partial charge in [-0.25, -0.2) is 0 Å².